The molecule has 0 radical (unpaired) electrons. The predicted molar refractivity (Wildman–Crippen MR) is 67.8 cm³/mol. The molecule has 0 saturated heterocycles. The largest absolute Gasteiger partial charge is 0.409 e. The van der Waals surface area contributed by atoms with Crippen molar-refractivity contribution in [2.24, 2.45) is 16.3 Å². The van der Waals surface area contributed by atoms with Crippen molar-refractivity contribution >= 4 is 5.84 Å². The molecule has 0 rings (SSSR count). The van der Waals surface area contributed by atoms with E-state index in [0.29, 0.717) is 6.04 Å². The maximum atomic E-state index is 8.63. The number of nitrogens with two attached hydrogens (primary N) is 1. The Morgan fingerprint density at radius 3 is 2.50 bits per heavy atom. The highest BCUT2D eigenvalue weighted by Crippen LogP contribution is 2.19. The average Bonchev–Trinajstić information content (AvgIpc) is 2.14. The number of oxime groups is 1. The maximum Gasteiger partial charge on any atom is 0.144 e. The fourth-order valence-corrected chi connectivity index (χ4v) is 1.51. The third-order valence-corrected chi connectivity index (χ3v) is 2.68. The lowest BCUT2D eigenvalue weighted by Crippen LogP contribution is -2.40. The minimum Gasteiger partial charge on any atom is -0.409 e. The van der Waals surface area contributed by atoms with Crippen LogP contribution in [0.4, 0.5) is 0 Å². The lowest BCUT2D eigenvalue weighted by atomic mass is 9.88. The minimum atomic E-state index is -0.264. The van der Waals surface area contributed by atoms with Gasteiger partial charge in [-0.05, 0) is 34.0 Å². The van der Waals surface area contributed by atoms with E-state index in [-0.39, 0.29) is 11.3 Å². The van der Waals surface area contributed by atoms with Crippen molar-refractivity contribution in [3.63, 3.8) is 0 Å². The third-order valence-electron chi connectivity index (χ3n) is 2.68. The topological polar surface area (TPSA) is 73.9 Å². The van der Waals surface area contributed by atoms with Crippen molar-refractivity contribution < 1.29 is 5.21 Å². The first kappa shape index (κ1) is 15.2. The van der Waals surface area contributed by atoms with Gasteiger partial charge in [0.1, 0.15) is 5.84 Å². The SMILES string of the molecule is CC(CN(C)C)NCCC(C)(C)C(N)=NO. The molecular weight excluding hydrogens is 204 g/mol. The molecule has 0 saturated carbocycles. The van der Waals surface area contributed by atoms with Crippen molar-refractivity contribution in [2.75, 3.05) is 27.2 Å². The van der Waals surface area contributed by atoms with E-state index in [9.17, 15) is 0 Å². The molecule has 5 nitrogen and oxygen atoms in total. The van der Waals surface area contributed by atoms with E-state index < -0.39 is 0 Å². The van der Waals surface area contributed by atoms with Crippen LogP contribution in [0, 0.1) is 5.41 Å². The molecule has 0 aliphatic rings. The molecule has 0 fully saturated rings. The van der Waals surface area contributed by atoms with Gasteiger partial charge in [-0.25, -0.2) is 0 Å². The van der Waals surface area contributed by atoms with Crippen LogP contribution in [0.15, 0.2) is 5.16 Å². The molecule has 0 aromatic rings. The summed E-state index contributed by atoms with van der Waals surface area (Å²) in [5.74, 6) is 0.287. The van der Waals surface area contributed by atoms with Crippen LogP contribution < -0.4 is 11.1 Å². The summed E-state index contributed by atoms with van der Waals surface area (Å²) < 4.78 is 0. The molecule has 1 unspecified atom stereocenters. The Labute approximate surface area is 98.7 Å². The van der Waals surface area contributed by atoms with E-state index in [0.717, 1.165) is 19.5 Å². The van der Waals surface area contributed by atoms with E-state index in [1.165, 1.54) is 0 Å². The summed E-state index contributed by atoms with van der Waals surface area (Å²) >= 11 is 0. The van der Waals surface area contributed by atoms with E-state index in [1.54, 1.807) is 0 Å². The molecule has 0 spiro atoms. The van der Waals surface area contributed by atoms with Crippen molar-refractivity contribution in [2.45, 2.75) is 33.2 Å². The highest BCUT2D eigenvalue weighted by molar-refractivity contribution is 5.85. The number of hydrogen-bond donors (Lipinski definition) is 3. The normalized spacial score (nSPS) is 15.5. The van der Waals surface area contributed by atoms with Crippen molar-refractivity contribution in [1.29, 1.82) is 0 Å². The molecule has 16 heavy (non-hydrogen) atoms. The van der Waals surface area contributed by atoms with E-state index >= 15 is 0 Å². The van der Waals surface area contributed by atoms with Gasteiger partial charge in [0.15, 0.2) is 0 Å². The van der Waals surface area contributed by atoms with Gasteiger partial charge in [-0.2, -0.15) is 0 Å². The quantitative estimate of drug-likeness (QED) is 0.260. The summed E-state index contributed by atoms with van der Waals surface area (Å²) in [5.41, 5.74) is 5.35. The number of likely N-dealkylation sites (N-methyl/N-ethyl adjacent to an activating group) is 1. The van der Waals surface area contributed by atoms with E-state index in [1.807, 2.05) is 13.8 Å². The standard InChI is InChI=1S/C11H26N4O/c1-9(8-15(4)5)13-7-6-11(2,3)10(12)14-16/h9,13,16H,6-8H2,1-5H3,(H2,12,14). The number of nitrogens with zero attached hydrogens (tertiary/aromatic N) is 2. The molecule has 0 amide bonds. The molecule has 5 heteroatoms. The van der Waals surface area contributed by atoms with Crippen LogP contribution in [-0.2, 0) is 0 Å². The lowest BCUT2D eigenvalue weighted by Gasteiger charge is -2.25. The second-order valence-corrected chi connectivity index (χ2v) is 5.24. The molecule has 4 N–H and O–H groups in total. The number of nitrogens with one attached hydrogen (secondary N) is 1. The van der Waals surface area contributed by atoms with Crippen LogP contribution in [0.2, 0.25) is 0 Å². The van der Waals surface area contributed by atoms with Gasteiger partial charge in [-0.3, -0.25) is 0 Å². The van der Waals surface area contributed by atoms with Gasteiger partial charge in [0.05, 0.1) is 0 Å². The van der Waals surface area contributed by atoms with Crippen LogP contribution in [0.5, 0.6) is 0 Å². The molecule has 0 aromatic heterocycles. The Bertz CT molecular complexity index is 226. The van der Waals surface area contributed by atoms with Crippen LogP contribution in [0.25, 0.3) is 0 Å². The second-order valence-electron chi connectivity index (χ2n) is 5.24. The average molecular weight is 230 g/mol. The molecule has 0 bridgehead atoms. The number of rotatable bonds is 7. The summed E-state index contributed by atoms with van der Waals surface area (Å²) in [6.45, 7) is 7.96. The van der Waals surface area contributed by atoms with Gasteiger partial charge in [0.2, 0.25) is 0 Å². The zero-order valence-electron chi connectivity index (χ0n) is 11.1. The number of hydrogen-bond acceptors (Lipinski definition) is 4. The number of amidine groups is 1. The summed E-state index contributed by atoms with van der Waals surface area (Å²) in [6.07, 6.45) is 0.848. The molecule has 96 valence electrons. The zero-order chi connectivity index (χ0) is 12.8. The van der Waals surface area contributed by atoms with Crippen molar-refractivity contribution in [3.8, 4) is 0 Å². The second kappa shape index (κ2) is 6.70. The lowest BCUT2D eigenvalue weighted by molar-refractivity contribution is 0.302. The van der Waals surface area contributed by atoms with E-state index in [2.05, 4.69) is 36.4 Å². The summed E-state index contributed by atoms with van der Waals surface area (Å²) in [5, 5.41) is 15.1. The molecule has 0 aromatic carbocycles. The van der Waals surface area contributed by atoms with Gasteiger partial charge in [-0.1, -0.05) is 19.0 Å². The Morgan fingerprint density at radius 2 is 2.06 bits per heavy atom. The molecule has 0 aliphatic carbocycles. The van der Waals surface area contributed by atoms with Crippen molar-refractivity contribution in [1.82, 2.24) is 10.2 Å². The van der Waals surface area contributed by atoms with Gasteiger partial charge in [0.25, 0.3) is 0 Å². The summed E-state index contributed by atoms with van der Waals surface area (Å²) in [7, 11) is 4.11. The van der Waals surface area contributed by atoms with Gasteiger partial charge >= 0.3 is 0 Å². The van der Waals surface area contributed by atoms with Gasteiger partial charge in [0, 0.05) is 18.0 Å². The Kier molecular flexibility index (Phi) is 6.36. The molecule has 0 aliphatic heterocycles. The fraction of sp³-hybridized carbons (Fsp3) is 0.909. The first-order chi connectivity index (χ1) is 7.29. The molecule has 0 heterocycles. The van der Waals surface area contributed by atoms with Gasteiger partial charge in [-0.15, -0.1) is 0 Å². The minimum absolute atomic E-state index is 0.264. The predicted octanol–water partition coefficient (Wildman–Crippen LogP) is 0.689. The highest BCUT2D eigenvalue weighted by atomic mass is 16.4. The Hall–Kier alpha value is -0.810. The monoisotopic (exact) mass is 230 g/mol. The fourth-order valence-electron chi connectivity index (χ4n) is 1.51. The Balaban J connectivity index is 3.89. The summed E-state index contributed by atoms with van der Waals surface area (Å²) in [6, 6.07) is 0.443. The first-order valence-corrected chi connectivity index (χ1v) is 5.65. The Morgan fingerprint density at radius 1 is 1.50 bits per heavy atom. The zero-order valence-corrected chi connectivity index (χ0v) is 11.1. The van der Waals surface area contributed by atoms with Crippen LogP contribution in [0.1, 0.15) is 27.2 Å². The first-order valence-electron chi connectivity index (χ1n) is 5.65. The highest BCUT2D eigenvalue weighted by Gasteiger charge is 2.23. The van der Waals surface area contributed by atoms with Crippen LogP contribution in [-0.4, -0.2) is 49.2 Å². The molecular formula is C11H26N4O. The van der Waals surface area contributed by atoms with Crippen molar-refractivity contribution in [3.05, 3.63) is 0 Å². The van der Waals surface area contributed by atoms with Gasteiger partial charge < -0.3 is 21.2 Å². The third kappa shape index (κ3) is 5.92. The van der Waals surface area contributed by atoms with Crippen LogP contribution >= 0.6 is 0 Å². The molecule has 1 atom stereocenters. The summed E-state index contributed by atoms with van der Waals surface area (Å²) in [4.78, 5) is 2.15. The van der Waals surface area contributed by atoms with Crippen LogP contribution in [0.3, 0.4) is 0 Å². The maximum absolute atomic E-state index is 8.63. The van der Waals surface area contributed by atoms with E-state index in [4.69, 9.17) is 10.9 Å². The smallest absolute Gasteiger partial charge is 0.144 e.